The number of aryl methyl sites for hydroxylation is 1. The fraction of sp³-hybridized carbons (Fsp3) is 0.562. The molecule has 2 aliphatic rings. The monoisotopic (exact) mass is 276 g/mol. The minimum atomic E-state index is -0.783. The number of hydrogen-bond acceptors (Lipinski definition) is 4. The molecule has 1 aliphatic carbocycles. The van der Waals surface area contributed by atoms with Crippen molar-refractivity contribution in [3.8, 4) is 5.75 Å². The predicted molar refractivity (Wildman–Crippen MR) is 73.4 cm³/mol. The first kappa shape index (κ1) is 13.6. The molecule has 1 aliphatic heterocycles. The summed E-state index contributed by atoms with van der Waals surface area (Å²) in [6.45, 7) is 2.55. The third-order valence-corrected chi connectivity index (χ3v) is 4.65. The van der Waals surface area contributed by atoms with Gasteiger partial charge in [0.15, 0.2) is 5.79 Å². The topological polar surface area (TPSA) is 44.8 Å². The van der Waals surface area contributed by atoms with E-state index in [1.165, 1.54) is 0 Å². The molecule has 2 fully saturated rings. The van der Waals surface area contributed by atoms with E-state index >= 15 is 0 Å². The van der Waals surface area contributed by atoms with Crippen LogP contribution in [0.2, 0.25) is 0 Å². The van der Waals surface area contributed by atoms with Crippen LogP contribution in [-0.2, 0) is 14.3 Å². The molecule has 3 rings (SSSR count). The van der Waals surface area contributed by atoms with Crippen LogP contribution in [0.15, 0.2) is 24.3 Å². The summed E-state index contributed by atoms with van der Waals surface area (Å²) in [4.78, 5) is 12.7. The minimum Gasteiger partial charge on any atom is -0.426 e. The molecule has 1 aromatic carbocycles. The predicted octanol–water partition coefficient (Wildman–Crippen LogP) is 2.83. The second-order valence-corrected chi connectivity index (χ2v) is 5.69. The molecule has 1 heterocycles. The van der Waals surface area contributed by atoms with Crippen molar-refractivity contribution in [3.63, 3.8) is 0 Å². The molecule has 1 aromatic rings. The third-order valence-electron chi connectivity index (χ3n) is 4.65. The maximum absolute atomic E-state index is 12.7. The number of fused-ring (bicyclic) bond motifs is 1. The molecule has 1 saturated carbocycles. The molecule has 1 saturated heterocycles. The lowest BCUT2D eigenvalue weighted by molar-refractivity contribution is -0.234. The van der Waals surface area contributed by atoms with E-state index in [0.29, 0.717) is 18.8 Å². The Bertz CT molecular complexity index is 496. The average molecular weight is 276 g/mol. The second-order valence-electron chi connectivity index (χ2n) is 5.69. The van der Waals surface area contributed by atoms with Crippen LogP contribution < -0.4 is 4.74 Å². The van der Waals surface area contributed by atoms with E-state index < -0.39 is 11.2 Å². The zero-order valence-electron chi connectivity index (χ0n) is 12.0. The smallest absolute Gasteiger partial charge is 0.323 e. The van der Waals surface area contributed by atoms with Crippen molar-refractivity contribution < 1.29 is 19.0 Å². The molecule has 0 spiro atoms. The SMILES string of the molecule is COC12CCCC1(C(=O)Oc1ccc(C)cc1)CCO2. The Kier molecular flexibility index (Phi) is 3.30. The van der Waals surface area contributed by atoms with E-state index in [1.807, 2.05) is 31.2 Å². The number of rotatable bonds is 3. The van der Waals surface area contributed by atoms with Crippen molar-refractivity contribution in [2.75, 3.05) is 13.7 Å². The highest BCUT2D eigenvalue weighted by Crippen LogP contribution is 2.56. The van der Waals surface area contributed by atoms with Gasteiger partial charge in [0.25, 0.3) is 0 Å². The number of carbonyl (C=O) groups excluding carboxylic acids is 1. The van der Waals surface area contributed by atoms with E-state index in [0.717, 1.165) is 24.8 Å². The van der Waals surface area contributed by atoms with E-state index in [1.54, 1.807) is 7.11 Å². The fourth-order valence-electron chi connectivity index (χ4n) is 3.50. The second kappa shape index (κ2) is 4.86. The molecule has 4 heteroatoms. The molecular formula is C16H20O4. The summed E-state index contributed by atoms with van der Waals surface area (Å²) in [6, 6.07) is 7.51. The van der Waals surface area contributed by atoms with Crippen molar-refractivity contribution >= 4 is 5.97 Å². The molecule has 0 amide bonds. The highest BCUT2D eigenvalue weighted by Gasteiger charge is 2.65. The van der Waals surface area contributed by atoms with Crippen molar-refractivity contribution in [1.82, 2.24) is 0 Å². The Balaban J connectivity index is 1.84. The summed E-state index contributed by atoms with van der Waals surface area (Å²) in [5.74, 6) is -0.425. The summed E-state index contributed by atoms with van der Waals surface area (Å²) in [7, 11) is 1.62. The quantitative estimate of drug-likeness (QED) is 0.629. The van der Waals surface area contributed by atoms with Gasteiger partial charge in [0.1, 0.15) is 11.2 Å². The number of benzene rings is 1. The first-order chi connectivity index (χ1) is 9.62. The van der Waals surface area contributed by atoms with Gasteiger partial charge in [-0.05, 0) is 38.3 Å². The number of ether oxygens (including phenoxy) is 3. The van der Waals surface area contributed by atoms with Gasteiger partial charge in [-0.15, -0.1) is 0 Å². The third kappa shape index (κ3) is 1.86. The van der Waals surface area contributed by atoms with E-state index in [9.17, 15) is 4.79 Å². The highest BCUT2D eigenvalue weighted by atomic mass is 16.7. The van der Waals surface area contributed by atoms with E-state index in [-0.39, 0.29) is 5.97 Å². The molecule has 108 valence electrons. The minimum absolute atomic E-state index is 0.224. The molecule has 0 bridgehead atoms. The van der Waals surface area contributed by atoms with Gasteiger partial charge >= 0.3 is 5.97 Å². The Morgan fingerprint density at radius 1 is 1.20 bits per heavy atom. The number of methoxy groups -OCH3 is 1. The molecule has 20 heavy (non-hydrogen) atoms. The van der Waals surface area contributed by atoms with Crippen LogP contribution in [0.1, 0.15) is 31.2 Å². The lowest BCUT2D eigenvalue weighted by Crippen LogP contribution is -2.49. The van der Waals surface area contributed by atoms with Gasteiger partial charge < -0.3 is 14.2 Å². The van der Waals surface area contributed by atoms with Crippen LogP contribution in [0.3, 0.4) is 0 Å². The fourth-order valence-corrected chi connectivity index (χ4v) is 3.50. The lowest BCUT2D eigenvalue weighted by atomic mass is 9.80. The number of carbonyl (C=O) groups is 1. The van der Waals surface area contributed by atoms with Crippen LogP contribution >= 0.6 is 0 Å². The number of esters is 1. The zero-order valence-corrected chi connectivity index (χ0v) is 12.0. The molecule has 0 radical (unpaired) electrons. The van der Waals surface area contributed by atoms with E-state index in [2.05, 4.69) is 0 Å². The van der Waals surface area contributed by atoms with Gasteiger partial charge in [-0.25, -0.2) is 0 Å². The van der Waals surface area contributed by atoms with E-state index in [4.69, 9.17) is 14.2 Å². The summed E-state index contributed by atoms with van der Waals surface area (Å²) in [6.07, 6.45) is 3.13. The van der Waals surface area contributed by atoms with Gasteiger partial charge in [0, 0.05) is 13.5 Å². The summed E-state index contributed by atoms with van der Waals surface area (Å²) < 4.78 is 16.9. The van der Waals surface area contributed by atoms with Crippen LogP contribution in [0.25, 0.3) is 0 Å². The van der Waals surface area contributed by atoms with Gasteiger partial charge in [0.05, 0.1) is 6.61 Å². The molecule has 2 atom stereocenters. The van der Waals surface area contributed by atoms with Gasteiger partial charge in [-0.1, -0.05) is 17.7 Å². The Morgan fingerprint density at radius 3 is 2.65 bits per heavy atom. The van der Waals surface area contributed by atoms with Crippen molar-refractivity contribution in [3.05, 3.63) is 29.8 Å². The lowest BCUT2D eigenvalue weighted by Gasteiger charge is -2.35. The summed E-state index contributed by atoms with van der Waals surface area (Å²) in [5.41, 5.74) is 0.492. The molecule has 2 unspecified atom stereocenters. The van der Waals surface area contributed by atoms with Crippen molar-refractivity contribution in [2.45, 2.75) is 38.4 Å². The van der Waals surface area contributed by atoms with Crippen LogP contribution in [0.4, 0.5) is 0 Å². The zero-order chi connectivity index (χ0) is 14.2. The molecule has 0 aromatic heterocycles. The van der Waals surface area contributed by atoms with Gasteiger partial charge in [-0.2, -0.15) is 0 Å². The van der Waals surface area contributed by atoms with Crippen molar-refractivity contribution in [2.24, 2.45) is 5.41 Å². The normalized spacial score (nSPS) is 32.1. The summed E-state index contributed by atoms with van der Waals surface area (Å²) >= 11 is 0. The van der Waals surface area contributed by atoms with Crippen LogP contribution in [0, 0.1) is 12.3 Å². The molecule has 4 nitrogen and oxygen atoms in total. The first-order valence-electron chi connectivity index (χ1n) is 7.10. The molecule has 0 N–H and O–H groups in total. The number of hydrogen-bond donors (Lipinski definition) is 0. The largest absolute Gasteiger partial charge is 0.426 e. The average Bonchev–Trinajstić information content (AvgIpc) is 2.97. The highest BCUT2D eigenvalue weighted by molar-refractivity contribution is 5.81. The van der Waals surface area contributed by atoms with Gasteiger partial charge in [0.2, 0.25) is 0 Å². The maximum Gasteiger partial charge on any atom is 0.323 e. The van der Waals surface area contributed by atoms with Crippen LogP contribution in [-0.4, -0.2) is 25.5 Å². The standard InChI is InChI=1S/C16H20O4/c1-12-4-6-13(7-5-12)20-14(17)15-8-3-9-16(15,18-2)19-11-10-15/h4-7H,3,8-11H2,1-2H3. The Labute approximate surface area is 119 Å². The summed E-state index contributed by atoms with van der Waals surface area (Å²) in [5, 5.41) is 0. The van der Waals surface area contributed by atoms with Crippen molar-refractivity contribution in [1.29, 1.82) is 0 Å². The Hall–Kier alpha value is -1.39. The first-order valence-corrected chi connectivity index (χ1v) is 7.10. The van der Waals surface area contributed by atoms with Crippen LogP contribution in [0.5, 0.6) is 5.75 Å². The molecular weight excluding hydrogens is 256 g/mol. The maximum atomic E-state index is 12.7. The van der Waals surface area contributed by atoms with Gasteiger partial charge in [-0.3, -0.25) is 4.79 Å². The Morgan fingerprint density at radius 2 is 1.95 bits per heavy atom.